The molecule has 0 spiro atoms. The molecule has 1 aromatic carbocycles. The van der Waals surface area contributed by atoms with Crippen molar-refractivity contribution in [3.63, 3.8) is 0 Å². The molecular formula is C18H23BrN4O. The summed E-state index contributed by atoms with van der Waals surface area (Å²) in [4.78, 5) is 21.0. The molecule has 1 aromatic heterocycles. The van der Waals surface area contributed by atoms with Crippen molar-refractivity contribution in [3.8, 4) is 0 Å². The molecule has 24 heavy (non-hydrogen) atoms. The average Bonchev–Trinajstić information content (AvgIpc) is 2.54. The lowest BCUT2D eigenvalue weighted by Crippen LogP contribution is -2.16. The third-order valence-electron chi connectivity index (χ3n) is 3.57. The Morgan fingerprint density at radius 3 is 2.67 bits per heavy atom. The summed E-state index contributed by atoms with van der Waals surface area (Å²) < 4.78 is 1.01. The molecule has 128 valence electrons. The van der Waals surface area contributed by atoms with E-state index in [9.17, 15) is 4.79 Å². The highest BCUT2D eigenvalue weighted by molar-refractivity contribution is 9.10. The smallest absolute Gasteiger partial charge is 0.274 e. The number of amides is 1. The van der Waals surface area contributed by atoms with E-state index in [0.717, 1.165) is 28.7 Å². The molecule has 0 bridgehead atoms. The summed E-state index contributed by atoms with van der Waals surface area (Å²) in [6, 6.07) is 7.38. The van der Waals surface area contributed by atoms with Gasteiger partial charge in [-0.25, -0.2) is 9.97 Å². The van der Waals surface area contributed by atoms with Crippen molar-refractivity contribution in [2.75, 3.05) is 17.2 Å². The van der Waals surface area contributed by atoms with E-state index in [1.54, 1.807) is 13.0 Å². The first-order valence-corrected chi connectivity index (χ1v) is 8.96. The zero-order valence-corrected chi connectivity index (χ0v) is 15.9. The summed E-state index contributed by atoms with van der Waals surface area (Å²) in [5.41, 5.74) is 2.17. The second-order valence-corrected chi connectivity index (χ2v) is 6.59. The van der Waals surface area contributed by atoms with Gasteiger partial charge >= 0.3 is 0 Å². The van der Waals surface area contributed by atoms with Crippen LogP contribution in [0.5, 0.6) is 0 Å². The zero-order valence-electron chi connectivity index (χ0n) is 14.3. The number of nitrogens with zero attached hydrogens (tertiary/aromatic N) is 2. The van der Waals surface area contributed by atoms with Crippen molar-refractivity contribution < 1.29 is 4.79 Å². The molecule has 0 aliphatic rings. The van der Waals surface area contributed by atoms with Crippen LogP contribution in [0, 0.1) is 13.8 Å². The minimum atomic E-state index is -0.237. The molecule has 1 amide bonds. The van der Waals surface area contributed by atoms with Gasteiger partial charge in [0.25, 0.3) is 5.91 Å². The van der Waals surface area contributed by atoms with Crippen LogP contribution in [0.3, 0.4) is 0 Å². The molecule has 6 heteroatoms. The average molecular weight is 391 g/mol. The summed E-state index contributed by atoms with van der Waals surface area (Å²) in [5.74, 6) is 1.03. The monoisotopic (exact) mass is 390 g/mol. The van der Waals surface area contributed by atoms with Gasteiger partial charge in [0.2, 0.25) is 0 Å². The zero-order chi connectivity index (χ0) is 17.5. The number of carbonyl (C=O) groups is 1. The van der Waals surface area contributed by atoms with E-state index in [-0.39, 0.29) is 5.91 Å². The maximum Gasteiger partial charge on any atom is 0.274 e. The number of halogens is 1. The summed E-state index contributed by atoms with van der Waals surface area (Å²) in [5, 5.41) is 6.14. The number of hydrogen-bond acceptors (Lipinski definition) is 4. The van der Waals surface area contributed by atoms with E-state index in [1.807, 2.05) is 25.1 Å². The normalized spacial score (nSPS) is 10.5. The fourth-order valence-electron chi connectivity index (χ4n) is 2.28. The number of anilines is 2. The van der Waals surface area contributed by atoms with Crippen molar-refractivity contribution in [1.29, 1.82) is 0 Å². The minimum Gasteiger partial charge on any atom is -0.370 e. The second-order valence-electron chi connectivity index (χ2n) is 5.74. The van der Waals surface area contributed by atoms with Gasteiger partial charge in [0, 0.05) is 22.8 Å². The summed E-state index contributed by atoms with van der Waals surface area (Å²) in [7, 11) is 0. The molecule has 0 aliphatic carbocycles. The van der Waals surface area contributed by atoms with Crippen LogP contribution in [-0.2, 0) is 0 Å². The lowest BCUT2D eigenvalue weighted by atomic mass is 10.2. The molecule has 0 aliphatic heterocycles. The molecule has 0 saturated heterocycles. The van der Waals surface area contributed by atoms with Gasteiger partial charge in [-0.3, -0.25) is 4.79 Å². The van der Waals surface area contributed by atoms with Gasteiger partial charge in [-0.2, -0.15) is 0 Å². The third kappa shape index (κ3) is 5.30. The molecular weight excluding hydrogens is 368 g/mol. The van der Waals surface area contributed by atoms with E-state index < -0.39 is 0 Å². The number of carbonyl (C=O) groups excluding carboxylic acids is 1. The van der Waals surface area contributed by atoms with E-state index in [4.69, 9.17) is 0 Å². The fraction of sp³-hybridized carbons (Fsp3) is 0.389. The van der Waals surface area contributed by atoms with Gasteiger partial charge in [0.15, 0.2) is 0 Å². The molecule has 0 fully saturated rings. The molecule has 2 rings (SSSR count). The molecule has 2 N–H and O–H groups in total. The van der Waals surface area contributed by atoms with Crippen LogP contribution in [-0.4, -0.2) is 22.4 Å². The largest absolute Gasteiger partial charge is 0.370 e. The van der Waals surface area contributed by atoms with Gasteiger partial charge in [-0.15, -0.1) is 0 Å². The van der Waals surface area contributed by atoms with Crippen molar-refractivity contribution >= 4 is 33.3 Å². The highest BCUT2D eigenvalue weighted by Crippen LogP contribution is 2.20. The maximum atomic E-state index is 12.5. The Hall–Kier alpha value is -1.95. The first-order chi connectivity index (χ1) is 11.5. The number of nitrogens with one attached hydrogen (secondary N) is 2. The molecule has 0 atom stereocenters. The van der Waals surface area contributed by atoms with Crippen molar-refractivity contribution in [2.45, 2.75) is 40.0 Å². The fourth-order valence-corrected chi connectivity index (χ4v) is 2.53. The molecule has 0 radical (unpaired) electrons. The lowest BCUT2D eigenvalue weighted by molar-refractivity contribution is 0.102. The van der Waals surface area contributed by atoms with Crippen LogP contribution in [0.15, 0.2) is 28.7 Å². The highest BCUT2D eigenvalue weighted by Gasteiger charge is 2.11. The minimum absolute atomic E-state index is 0.237. The number of hydrogen-bond donors (Lipinski definition) is 2. The Labute approximate surface area is 151 Å². The van der Waals surface area contributed by atoms with Gasteiger partial charge in [-0.05, 0) is 44.0 Å². The first kappa shape index (κ1) is 18.4. The van der Waals surface area contributed by atoms with Crippen LogP contribution in [0.4, 0.5) is 11.5 Å². The van der Waals surface area contributed by atoms with Crippen LogP contribution in [0.25, 0.3) is 0 Å². The predicted molar refractivity (Wildman–Crippen MR) is 102 cm³/mol. The topological polar surface area (TPSA) is 66.9 Å². The Morgan fingerprint density at radius 2 is 1.96 bits per heavy atom. The third-order valence-corrected chi connectivity index (χ3v) is 4.46. The van der Waals surface area contributed by atoms with Crippen LogP contribution in [0.2, 0.25) is 0 Å². The van der Waals surface area contributed by atoms with Gasteiger partial charge < -0.3 is 10.6 Å². The summed E-state index contributed by atoms with van der Waals surface area (Å²) in [6.45, 7) is 6.78. The van der Waals surface area contributed by atoms with Crippen LogP contribution in [0.1, 0.15) is 48.1 Å². The standard InChI is InChI=1S/C18H23BrN4O/c1-4-5-6-9-20-17-11-16(21-13(3)22-17)18(24)23-14-7-8-15(19)12(2)10-14/h7-8,10-11H,4-6,9H2,1-3H3,(H,23,24)(H,20,21,22). The Morgan fingerprint density at radius 1 is 1.17 bits per heavy atom. The Kier molecular flexibility index (Phi) is 6.73. The molecule has 2 aromatic rings. The number of rotatable bonds is 7. The van der Waals surface area contributed by atoms with E-state index >= 15 is 0 Å². The maximum absolute atomic E-state index is 12.5. The van der Waals surface area contributed by atoms with Gasteiger partial charge in [0.05, 0.1) is 0 Å². The predicted octanol–water partition coefficient (Wildman–Crippen LogP) is 4.71. The lowest BCUT2D eigenvalue weighted by Gasteiger charge is -2.10. The van der Waals surface area contributed by atoms with E-state index in [0.29, 0.717) is 17.3 Å². The van der Waals surface area contributed by atoms with Crippen molar-refractivity contribution in [2.24, 2.45) is 0 Å². The van der Waals surface area contributed by atoms with Gasteiger partial charge in [-0.1, -0.05) is 35.7 Å². The number of aryl methyl sites for hydroxylation is 2. The SMILES string of the molecule is CCCCCNc1cc(C(=O)Nc2ccc(Br)c(C)c2)nc(C)n1. The molecule has 5 nitrogen and oxygen atoms in total. The van der Waals surface area contributed by atoms with E-state index in [1.165, 1.54) is 12.8 Å². The number of benzene rings is 1. The van der Waals surface area contributed by atoms with Crippen LogP contribution >= 0.6 is 15.9 Å². The quantitative estimate of drug-likeness (QED) is 0.671. The highest BCUT2D eigenvalue weighted by atomic mass is 79.9. The molecule has 0 saturated carbocycles. The molecule has 0 unspecified atom stereocenters. The van der Waals surface area contributed by atoms with Crippen molar-refractivity contribution in [1.82, 2.24) is 9.97 Å². The first-order valence-electron chi connectivity index (χ1n) is 8.16. The Balaban J connectivity index is 2.07. The van der Waals surface area contributed by atoms with E-state index in [2.05, 4.69) is 43.5 Å². The summed E-state index contributed by atoms with van der Waals surface area (Å²) >= 11 is 3.45. The Bertz CT molecular complexity index is 718. The van der Waals surface area contributed by atoms with Crippen molar-refractivity contribution in [3.05, 3.63) is 45.8 Å². The van der Waals surface area contributed by atoms with Crippen LogP contribution < -0.4 is 10.6 Å². The summed E-state index contributed by atoms with van der Waals surface area (Å²) in [6.07, 6.45) is 3.43. The van der Waals surface area contributed by atoms with Gasteiger partial charge in [0.1, 0.15) is 17.3 Å². The number of unbranched alkanes of at least 4 members (excludes halogenated alkanes) is 2. The molecule has 1 heterocycles. The second kappa shape index (κ2) is 8.78. The number of aromatic nitrogens is 2.